The Kier molecular flexibility index (Phi) is 6.32. The van der Waals surface area contributed by atoms with E-state index in [1.54, 1.807) is 11.0 Å². The highest BCUT2D eigenvalue weighted by atomic mass is 16.1. The monoisotopic (exact) mass is 405 g/mol. The molecule has 1 N–H and O–H groups in total. The number of carbonyl (C=O) groups excluding carboxylic acids is 1. The first-order chi connectivity index (χ1) is 14.7. The van der Waals surface area contributed by atoms with Gasteiger partial charge in [0.25, 0.3) is 0 Å². The van der Waals surface area contributed by atoms with Crippen molar-refractivity contribution in [2.45, 2.75) is 44.7 Å². The van der Waals surface area contributed by atoms with Gasteiger partial charge < -0.3 is 10.2 Å². The molecule has 4 rings (SSSR count). The Bertz CT molecular complexity index is 928. The first kappa shape index (κ1) is 20.0. The molecule has 0 spiro atoms. The van der Waals surface area contributed by atoms with Gasteiger partial charge in [-0.25, -0.2) is 4.98 Å². The zero-order valence-electron chi connectivity index (χ0n) is 17.2. The number of hydrogen-bond donors (Lipinski definition) is 1. The maximum absolute atomic E-state index is 12.7. The van der Waals surface area contributed by atoms with E-state index in [1.807, 2.05) is 25.1 Å². The van der Waals surface area contributed by atoms with Crippen molar-refractivity contribution in [2.24, 2.45) is 0 Å². The van der Waals surface area contributed by atoms with Crippen LogP contribution in [0.15, 0.2) is 55.1 Å². The second-order valence-electron chi connectivity index (χ2n) is 7.72. The van der Waals surface area contributed by atoms with Crippen LogP contribution in [0.3, 0.4) is 0 Å². The average molecular weight is 406 g/mol. The van der Waals surface area contributed by atoms with Crippen LogP contribution in [-0.2, 0) is 11.3 Å². The van der Waals surface area contributed by atoms with Crippen molar-refractivity contribution in [1.29, 1.82) is 0 Å². The summed E-state index contributed by atoms with van der Waals surface area (Å²) in [5, 5.41) is 15.9. The van der Waals surface area contributed by atoms with E-state index in [9.17, 15) is 4.79 Å². The fourth-order valence-corrected chi connectivity index (χ4v) is 3.99. The van der Waals surface area contributed by atoms with Gasteiger partial charge in [-0.1, -0.05) is 30.3 Å². The Morgan fingerprint density at radius 3 is 2.77 bits per heavy atom. The molecule has 1 aromatic carbocycles. The molecule has 0 bridgehead atoms. The number of amides is 1. The van der Waals surface area contributed by atoms with Crippen molar-refractivity contribution in [3.8, 4) is 0 Å². The summed E-state index contributed by atoms with van der Waals surface area (Å²) in [7, 11) is 0. The lowest BCUT2D eigenvalue weighted by atomic mass is 9.85. The van der Waals surface area contributed by atoms with Gasteiger partial charge in [-0.3, -0.25) is 9.48 Å². The van der Waals surface area contributed by atoms with Crippen molar-refractivity contribution in [3.63, 3.8) is 0 Å². The van der Waals surface area contributed by atoms with Crippen LogP contribution in [-0.4, -0.2) is 50.0 Å². The van der Waals surface area contributed by atoms with Gasteiger partial charge in [0.15, 0.2) is 5.82 Å². The molecule has 0 saturated carbocycles. The smallest absolute Gasteiger partial charge is 0.220 e. The van der Waals surface area contributed by atoms with Crippen LogP contribution in [0.5, 0.6) is 0 Å². The third-order valence-corrected chi connectivity index (χ3v) is 5.55. The molecule has 0 radical (unpaired) electrons. The third kappa shape index (κ3) is 5.00. The van der Waals surface area contributed by atoms with Crippen LogP contribution in [0.1, 0.15) is 36.4 Å². The van der Waals surface area contributed by atoms with E-state index in [2.05, 4.69) is 54.8 Å². The summed E-state index contributed by atoms with van der Waals surface area (Å²) in [4.78, 5) is 18.9. The van der Waals surface area contributed by atoms with Crippen LogP contribution in [0, 0.1) is 6.92 Å². The number of benzene rings is 1. The van der Waals surface area contributed by atoms with E-state index in [-0.39, 0.29) is 17.9 Å². The summed E-state index contributed by atoms with van der Waals surface area (Å²) in [5.41, 5.74) is 2.16. The molecule has 1 fully saturated rings. The van der Waals surface area contributed by atoms with Crippen molar-refractivity contribution >= 4 is 11.7 Å². The van der Waals surface area contributed by atoms with Gasteiger partial charge in [0.1, 0.15) is 12.7 Å². The summed E-state index contributed by atoms with van der Waals surface area (Å²) in [6.07, 6.45) is 5.32. The minimum atomic E-state index is 0.0168. The van der Waals surface area contributed by atoms with Crippen molar-refractivity contribution in [3.05, 3.63) is 66.4 Å². The summed E-state index contributed by atoms with van der Waals surface area (Å²) in [6, 6.07) is 14.4. The zero-order valence-corrected chi connectivity index (χ0v) is 17.2. The van der Waals surface area contributed by atoms with Gasteiger partial charge in [-0.15, -0.1) is 5.10 Å². The lowest BCUT2D eigenvalue weighted by molar-refractivity contribution is -0.122. The van der Waals surface area contributed by atoms with Gasteiger partial charge >= 0.3 is 0 Å². The molecular weight excluding hydrogens is 378 g/mol. The minimum Gasteiger partial charge on any atom is -0.353 e. The molecule has 156 valence electrons. The van der Waals surface area contributed by atoms with E-state index < -0.39 is 0 Å². The second kappa shape index (κ2) is 9.47. The molecule has 30 heavy (non-hydrogen) atoms. The van der Waals surface area contributed by atoms with Crippen molar-refractivity contribution in [1.82, 2.24) is 30.3 Å². The predicted molar refractivity (Wildman–Crippen MR) is 114 cm³/mol. The van der Waals surface area contributed by atoms with E-state index in [0.717, 1.165) is 30.9 Å². The molecule has 0 aliphatic carbocycles. The number of piperidine rings is 1. The van der Waals surface area contributed by atoms with Crippen LogP contribution < -0.4 is 10.2 Å². The molecule has 1 amide bonds. The number of aryl methyl sites for hydroxylation is 2. The zero-order chi connectivity index (χ0) is 20.8. The summed E-state index contributed by atoms with van der Waals surface area (Å²) < 4.78 is 1.75. The molecular formula is C22H27N7O. The fourth-order valence-electron chi connectivity index (χ4n) is 3.99. The molecule has 1 aliphatic heterocycles. The molecule has 3 heterocycles. The highest BCUT2D eigenvalue weighted by molar-refractivity contribution is 5.76. The van der Waals surface area contributed by atoms with Crippen LogP contribution in [0.4, 0.5) is 5.82 Å². The molecule has 0 unspecified atom stereocenters. The molecule has 1 saturated heterocycles. The Morgan fingerprint density at radius 1 is 1.17 bits per heavy atom. The van der Waals surface area contributed by atoms with Crippen molar-refractivity contribution in [2.75, 3.05) is 18.0 Å². The minimum absolute atomic E-state index is 0.0168. The number of anilines is 1. The van der Waals surface area contributed by atoms with E-state index >= 15 is 0 Å². The maximum Gasteiger partial charge on any atom is 0.220 e. The second-order valence-corrected chi connectivity index (χ2v) is 7.72. The molecule has 8 heteroatoms. The Balaban J connectivity index is 1.42. The van der Waals surface area contributed by atoms with E-state index in [0.29, 0.717) is 19.5 Å². The Labute approximate surface area is 176 Å². The number of nitrogens with zero attached hydrogens (tertiary/aromatic N) is 6. The van der Waals surface area contributed by atoms with Gasteiger partial charge in [0, 0.05) is 32.0 Å². The fraction of sp³-hybridized carbons (Fsp3) is 0.409. The topological polar surface area (TPSA) is 88.8 Å². The number of rotatable bonds is 7. The summed E-state index contributed by atoms with van der Waals surface area (Å²) in [6.45, 7) is 4.22. The highest BCUT2D eigenvalue weighted by Crippen LogP contribution is 2.30. The first-order valence-corrected chi connectivity index (χ1v) is 10.4. The lowest BCUT2D eigenvalue weighted by Crippen LogP contribution is -2.52. The Morgan fingerprint density at radius 2 is 2.03 bits per heavy atom. The maximum atomic E-state index is 12.7. The van der Waals surface area contributed by atoms with Crippen LogP contribution in [0.2, 0.25) is 0 Å². The molecule has 2 atom stereocenters. The molecule has 8 nitrogen and oxygen atoms in total. The van der Waals surface area contributed by atoms with E-state index in [1.165, 1.54) is 11.9 Å². The third-order valence-electron chi connectivity index (χ3n) is 5.55. The number of carbonyl (C=O) groups is 1. The van der Waals surface area contributed by atoms with Gasteiger partial charge in [-0.2, -0.15) is 10.2 Å². The Hall–Kier alpha value is -3.29. The van der Waals surface area contributed by atoms with Gasteiger partial charge in [0.05, 0.1) is 11.7 Å². The lowest BCUT2D eigenvalue weighted by Gasteiger charge is -2.39. The first-order valence-electron chi connectivity index (χ1n) is 10.4. The standard InChI is InChI=1S/C22H27N7O/c1-17-9-10-21(27-26-17)28-13-11-19(18-6-3-2-4-7-18)20(14-28)25-22(30)8-5-12-29-16-23-15-24-29/h2-4,6-7,9-10,15-16,19-20H,5,8,11-14H2,1H3,(H,25,30)/t19-,20-/m0/s1. The number of aromatic nitrogens is 5. The predicted octanol–water partition coefficient (Wildman–Crippen LogP) is 2.34. The molecule has 3 aromatic rings. The SMILES string of the molecule is Cc1ccc(N2CC[C@@H](c3ccccc3)[C@@H](NC(=O)CCCn3cncn3)C2)nn1. The quantitative estimate of drug-likeness (QED) is 0.649. The van der Waals surface area contributed by atoms with Gasteiger partial charge in [0.2, 0.25) is 5.91 Å². The van der Waals surface area contributed by atoms with Gasteiger partial charge in [-0.05, 0) is 37.5 Å². The van der Waals surface area contributed by atoms with Crippen LogP contribution in [0.25, 0.3) is 0 Å². The molecule has 1 aliphatic rings. The number of nitrogens with one attached hydrogen (secondary N) is 1. The summed E-state index contributed by atoms with van der Waals surface area (Å²) in [5.74, 6) is 1.20. The normalized spacial score (nSPS) is 18.9. The molecule has 2 aromatic heterocycles. The van der Waals surface area contributed by atoms with Crippen molar-refractivity contribution < 1.29 is 4.79 Å². The summed E-state index contributed by atoms with van der Waals surface area (Å²) >= 11 is 0. The average Bonchev–Trinajstić information content (AvgIpc) is 3.28. The highest BCUT2D eigenvalue weighted by Gasteiger charge is 2.32. The largest absolute Gasteiger partial charge is 0.353 e. The van der Waals surface area contributed by atoms with E-state index in [4.69, 9.17) is 0 Å². The number of hydrogen-bond acceptors (Lipinski definition) is 6. The van der Waals surface area contributed by atoms with Crippen LogP contribution >= 0.6 is 0 Å².